The minimum atomic E-state index is -9.70. The predicted molar refractivity (Wildman–Crippen MR) is 44.3 cm³/mol. The normalized spacial score (nSPS) is 21.7. The van der Waals surface area contributed by atoms with Crippen molar-refractivity contribution in [2.75, 3.05) is 12.9 Å². The summed E-state index contributed by atoms with van der Waals surface area (Å²) in [7, 11) is -8.94. The number of esters is 1. The second-order valence-corrected chi connectivity index (χ2v) is 6.34. The zero-order chi connectivity index (χ0) is 11.9. The van der Waals surface area contributed by atoms with Crippen LogP contribution in [0.1, 0.15) is 6.92 Å². The van der Waals surface area contributed by atoms with Gasteiger partial charge in [0.2, 0.25) is 0 Å². The molecule has 0 rings (SSSR count). The standard InChI is InChI=1S/C5H8ClF5O2S/c1-5(6,4(12)13-2)3-14(7,8,9,10)11/h3H2,1-2H3. The highest BCUT2D eigenvalue weighted by atomic mass is 35.5. The van der Waals surface area contributed by atoms with Crippen LogP contribution in [0.4, 0.5) is 19.4 Å². The summed E-state index contributed by atoms with van der Waals surface area (Å²) in [6.07, 6.45) is 0. The van der Waals surface area contributed by atoms with E-state index < -0.39 is 26.8 Å². The van der Waals surface area contributed by atoms with Crippen molar-refractivity contribution in [1.29, 1.82) is 0 Å². The lowest BCUT2D eigenvalue weighted by atomic mass is 10.2. The Morgan fingerprint density at radius 3 is 1.93 bits per heavy atom. The average Bonchev–Trinajstić information content (AvgIpc) is 1.76. The van der Waals surface area contributed by atoms with E-state index in [0.29, 0.717) is 6.92 Å². The van der Waals surface area contributed by atoms with Crippen molar-refractivity contribution in [3.8, 4) is 0 Å². The Balaban J connectivity index is 4.97. The molecule has 9 heteroatoms. The van der Waals surface area contributed by atoms with Crippen LogP contribution in [0.3, 0.4) is 0 Å². The fourth-order valence-corrected chi connectivity index (χ4v) is 2.62. The molecule has 0 spiro atoms. The zero-order valence-corrected chi connectivity index (χ0v) is 8.77. The van der Waals surface area contributed by atoms with Gasteiger partial charge in [0, 0.05) is 0 Å². The van der Waals surface area contributed by atoms with E-state index in [0.717, 1.165) is 7.11 Å². The Bertz CT molecular complexity index is 257. The first-order valence-corrected chi connectivity index (χ1v) is 5.67. The molecule has 0 amide bonds. The Labute approximate surface area is 82.1 Å². The number of carbonyl (C=O) groups is 1. The molecule has 14 heavy (non-hydrogen) atoms. The molecule has 0 saturated carbocycles. The Morgan fingerprint density at radius 2 is 1.71 bits per heavy atom. The van der Waals surface area contributed by atoms with Gasteiger partial charge in [0.25, 0.3) is 10.2 Å². The summed E-state index contributed by atoms with van der Waals surface area (Å²) in [6.45, 7) is 0.526. The molecule has 1 unspecified atom stereocenters. The summed E-state index contributed by atoms with van der Waals surface area (Å²) in [5.74, 6) is -4.23. The monoisotopic (exact) mass is 262 g/mol. The minimum absolute atomic E-state index is 0.526. The fourth-order valence-electron chi connectivity index (χ4n) is 0.784. The van der Waals surface area contributed by atoms with Crippen LogP contribution in [0.2, 0.25) is 0 Å². The van der Waals surface area contributed by atoms with E-state index in [1.165, 1.54) is 0 Å². The molecule has 0 aliphatic rings. The maximum absolute atomic E-state index is 11.9. The van der Waals surface area contributed by atoms with Crippen LogP contribution in [0.5, 0.6) is 0 Å². The third-order valence-electron chi connectivity index (χ3n) is 1.15. The number of alkyl halides is 1. The summed E-state index contributed by atoms with van der Waals surface area (Å²) in [4.78, 5) is 7.83. The summed E-state index contributed by atoms with van der Waals surface area (Å²) in [5, 5.41) is 0. The van der Waals surface area contributed by atoms with E-state index in [4.69, 9.17) is 11.6 Å². The van der Waals surface area contributed by atoms with E-state index in [-0.39, 0.29) is 0 Å². The molecule has 2 nitrogen and oxygen atoms in total. The largest absolute Gasteiger partial charge is 0.468 e. The summed E-state index contributed by atoms with van der Waals surface area (Å²) in [5.41, 5.74) is 0. The topological polar surface area (TPSA) is 26.3 Å². The van der Waals surface area contributed by atoms with Gasteiger partial charge < -0.3 is 4.74 Å². The second kappa shape index (κ2) is 2.66. The summed E-state index contributed by atoms with van der Waals surface area (Å²) in [6, 6.07) is 0. The lowest BCUT2D eigenvalue weighted by molar-refractivity contribution is -0.142. The third kappa shape index (κ3) is 5.48. The molecule has 0 aliphatic heterocycles. The lowest BCUT2D eigenvalue weighted by Gasteiger charge is -2.43. The van der Waals surface area contributed by atoms with Gasteiger partial charge in [0.15, 0.2) is 4.87 Å². The first-order chi connectivity index (χ1) is 5.66. The van der Waals surface area contributed by atoms with Crippen LogP contribution in [-0.4, -0.2) is 23.7 Å². The molecule has 0 N–H and O–H groups in total. The molecular formula is C5H8ClF5O2S. The molecule has 0 aromatic heterocycles. The first-order valence-electron chi connectivity index (χ1n) is 3.17. The number of hydrogen-bond donors (Lipinski definition) is 0. The van der Waals surface area contributed by atoms with E-state index in [2.05, 4.69) is 4.74 Å². The van der Waals surface area contributed by atoms with Crippen molar-refractivity contribution < 1.29 is 29.0 Å². The highest BCUT2D eigenvalue weighted by molar-refractivity contribution is 8.45. The number of hydrogen-bond acceptors (Lipinski definition) is 2. The van der Waals surface area contributed by atoms with Crippen molar-refractivity contribution in [2.45, 2.75) is 11.8 Å². The molecule has 0 aromatic rings. The fraction of sp³-hybridized carbons (Fsp3) is 0.800. The lowest BCUT2D eigenvalue weighted by Crippen LogP contribution is -2.39. The van der Waals surface area contributed by atoms with Crippen LogP contribution in [0, 0.1) is 0 Å². The Morgan fingerprint density at radius 1 is 1.36 bits per heavy atom. The van der Waals surface area contributed by atoms with Crippen molar-refractivity contribution in [3.05, 3.63) is 0 Å². The number of carbonyl (C=O) groups excluding carboxylic acids is 1. The van der Waals surface area contributed by atoms with Gasteiger partial charge in [-0.3, -0.25) is 4.79 Å². The first kappa shape index (κ1) is 13.8. The van der Waals surface area contributed by atoms with E-state index in [1.54, 1.807) is 0 Å². The Hall–Kier alpha value is -0.240. The molecule has 0 bridgehead atoms. The number of rotatable bonds is 3. The third-order valence-corrected chi connectivity index (χ3v) is 2.72. The molecule has 0 fully saturated rings. The smallest absolute Gasteiger partial charge is 0.327 e. The highest BCUT2D eigenvalue weighted by Crippen LogP contribution is 2.98. The van der Waals surface area contributed by atoms with Crippen LogP contribution in [0.15, 0.2) is 0 Å². The van der Waals surface area contributed by atoms with Crippen molar-refractivity contribution >= 4 is 27.8 Å². The molecule has 0 aliphatic carbocycles. The summed E-state index contributed by atoms with van der Waals surface area (Å²) >= 11 is 5.01. The van der Waals surface area contributed by atoms with E-state index in [1.807, 2.05) is 0 Å². The van der Waals surface area contributed by atoms with Crippen LogP contribution in [-0.2, 0) is 9.53 Å². The summed E-state index contributed by atoms with van der Waals surface area (Å²) < 4.78 is 63.4. The molecule has 0 saturated heterocycles. The van der Waals surface area contributed by atoms with Crippen LogP contribution >= 0.6 is 21.8 Å². The Kier molecular flexibility index (Phi) is 2.61. The van der Waals surface area contributed by atoms with Gasteiger partial charge in [-0.2, -0.15) is 0 Å². The van der Waals surface area contributed by atoms with Crippen LogP contribution in [0.25, 0.3) is 0 Å². The van der Waals surface area contributed by atoms with Crippen molar-refractivity contribution in [1.82, 2.24) is 0 Å². The SMILES string of the molecule is COC(=O)C(C)(Cl)CS(F)(F)(F)(F)F. The van der Waals surface area contributed by atoms with E-state index >= 15 is 0 Å². The highest BCUT2D eigenvalue weighted by Gasteiger charge is 2.68. The van der Waals surface area contributed by atoms with Crippen molar-refractivity contribution in [2.24, 2.45) is 0 Å². The molecule has 0 aromatic carbocycles. The van der Waals surface area contributed by atoms with Gasteiger partial charge in [0.05, 0.1) is 7.11 Å². The van der Waals surface area contributed by atoms with Crippen molar-refractivity contribution in [3.63, 3.8) is 0 Å². The maximum Gasteiger partial charge on any atom is 0.327 e. The second-order valence-electron chi connectivity index (χ2n) is 2.96. The van der Waals surface area contributed by atoms with Crippen LogP contribution < -0.4 is 0 Å². The van der Waals surface area contributed by atoms with Gasteiger partial charge >= 0.3 is 5.97 Å². The van der Waals surface area contributed by atoms with Gasteiger partial charge in [-0.05, 0) is 6.92 Å². The quantitative estimate of drug-likeness (QED) is 0.442. The molecule has 88 valence electrons. The number of ether oxygens (including phenoxy) is 1. The predicted octanol–water partition coefficient (Wildman–Crippen LogP) is 3.46. The molecule has 0 radical (unpaired) electrons. The van der Waals surface area contributed by atoms with E-state index in [9.17, 15) is 24.2 Å². The number of halogens is 6. The van der Waals surface area contributed by atoms with Gasteiger partial charge in [-0.15, -0.1) is 11.6 Å². The average molecular weight is 263 g/mol. The maximum atomic E-state index is 11.9. The zero-order valence-electron chi connectivity index (χ0n) is 7.20. The molecule has 0 heterocycles. The van der Waals surface area contributed by atoms with Gasteiger partial charge in [-0.1, -0.05) is 19.4 Å². The molecular weight excluding hydrogens is 255 g/mol. The molecule has 1 atom stereocenters. The number of methoxy groups -OCH3 is 1. The van der Waals surface area contributed by atoms with Gasteiger partial charge in [0.1, 0.15) is 5.75 Å². The minimum Gasteiger partial charge on any atom is -0.468 e. The van der Waals surface area contributed by atoms with Gasteiger partial charge in [-0.25, -0.2) is 0 Å².